The van der Waals surface area contributed by atoms with Crippen molar-refractivity contribution in [2.75, 3.05) is 6.54 Å². The first-order chi connectivity index (χ1) is 15.4. The Morgan fingerprint density at radius 1 is 1.03 bits per heavy atom. The van der Waals surface area contributed by atoms with Gasteiger partial charge >= 0.3 is 12.1 Å². The van der Waals surface area contributed by atoms with Crippen molar-refractivity contribution in [3.8, 4) is 0 Å². The number of hydrogen-bond acceptors (Lipinski definition) is 5. The maximum Gasteiger partial charge on any atom is 0.404 e. The Morgan fingerprint density at radius 2 is 1.78 bits per heavy atom. The molecule has 1 aliphatic carbocycles. The highest BCUT2D eigenvalue weighted by Gasteiger charge is 2.48. The van der Waals surface area contributed by atoms with Gasteiger partial charge < -0.3 is 15.3 Å². The summed E-state index contributed by atoms with van der Waals surface area (Å²) >= 11 is 0. The fraction of sp³-hybridized carbons (Fsp3) is 0.524. The Morgan fingerprint density at radius 3 is 2.53 bits per heavy atom. The Hall–Kier alpha value is -3.34. The van der Waals surface area contributed by atoms with Gasteiger partial charge in [-0.2, -0.15) is 5.06 Å². The molecule has 172 valence electrons. The third-order valence-electron chi connectivity index (χ3n) is 6.31. The summed E-state index contributed by atoms with van der Waals surface area (Å²) in [6.45, 7) is 0.643. The first-order valence-electron chi connectivity index (χ1n) is 10.8. The standard InChI is InChI=1S/C21H27N5O6/c27-18(15-7-4-8-16(15)22-20(29)30)23-24-19(28)17-10-9-14-11-25(17)21(31)26(14)32-12-13-5-2-1-3-6-13/h1-3,5-6,14-17,22H,4,7-12H2,(H,23,27)(H,24,28)(H,29,30)/t14-,15-,16-,17+/m1/s1. The number of benzene rings is 1. The van der Waals surface area contributed by atoms with Crippen molar-refractivity contribution >= 4 is 23.9 Å². The van der Waals surface area contributed by atoms with Crippen LogP contribution in [0.3, 0.4) is 0 Å². The monoisotopic (exact) mass is 445 g/mol. The van der Waals surface area contributed by atoms with Gasteiger partial charge in [-0.25, -0.2) is 9.59 Å². The molecule has 0 unspecified atom stereocenters. The molecule has 4 rings (SSSR count). The van der Waals surface area contributed by atoms with E-state index >= 15 is 0 Å². The van der Waals surface area contributed by atoms with E-state index in [1.54, 1.807) is 0 Å². The average molecular weight is 445 g/mol. The van der Waals surface area contributed by atoms with E-state index < -0.39 is 35.9 Å². The SMILES string of the molecule is O=C(O)N[C@@H]1CCC[C@H]1C(=O)NNC(=O)[C@@H]1CC[C@@H]2CN1C(=O)N2OCc1ccccc1. The number of hydroxylamine groups is 2. The number of amides is 5. The van der Waals surface area contributed by atoms with Crippen molar-refractivity contribution < 1.29 is 29.1 Å². The number of hydrazine groups is 1. The molecule has 1 saturated carbocycles. The lowest BCUT2D eigenvalue weighted by molar-refractivity contribution is -0.140. The minimum Gasteiger partial charge on any atom is -0.465 e. The van der Waals surface area contributed by atoms with Gasteiger partial charge in [-0.1, -0.05) is 36.8 Å². The van der Waals surface area contributed by atoms with E-state index in [-0.39, 0.29) is 18.7 Å². The van der Waals surface area contributed by atoms with Crippen molar-refractivity contribution in [3.63, 3.8) is 0 Å². The van der Waals surface area contributed by atoms with Gasteiger partial charge in [0.25, 0.3) is 5.91 Å². The lowest BCUT2D eigenvalue weighted by atomic mass is 10.0. The number of rotatable bonds is 6. The van der Waals surface area contributed by atoms with Gasteiger partial charge in [-0.15, -0.1) is 0 Å². The second-order valence-corrected chi connectivity index (χ2v) is 8.34. The first kappa shape index (κ1) is 21.9. The molecule has 2 saturated heterocycles. The summed E-state index contributed by atoms with van der Waals surface area (Å²) < 4.78 is 0. The lowest BCUT2D eigenvalue weighted by Gasteiger charge is -2.29. The summed E-state index contributed by atoms with van der Waals surface area (Å²) in [6, 6.07) is 7.85. The van der Waals surface area contributed by atoms with E-state index in [2.05, 4.69) is 16.2 Å². The number of nitrogens with zero attached hydrogens (tertiary/aromatic N) is 2. The van der Waals surface area contributed by atoms with Crippen molar-refractivity contribution in [2.24, 2.45) is 5.92 Å². The third-order valence-corrected chi connectivity index (χ3v) is 6.31. The van der Waals surface area contributed by atoms with Crippen LogP contribution >= 0.6 is 0 Å². The molecule has 2 aliphatic heterocycles. The minimum absolute atomic E-state index is 0.119. The highest BCUT2D eigenvalue weighted by atomic mass is 16.7. The Bertz CT molecular complexity index is 881. The van der Waals surface area contributed by atoms with Crippen LogP contribution in [0.1, 0.15) is 37.7 Å². The largest absolute Gasteiger partial charge is 0.465 e. The molecule has 2 heterocycles. The second-order valence-electron chi connectivity index (χ2n) is 8.34. The molecule has 5 amide bonds. The molecule has 1 aromatic carbocycles. The average Bonchev–Trinajstić information content (AvgIpc) is 3.33. The quantitative estimate of drug-likeness (QED) is 0.481. The number of piperidine rings is 1. The highest BCUT2D eigenvalue weighted by Crippen LogP contribution is 2.30. The summed E-state index contributed by atoms with van der Waals surface area (Å²) in [5.74, 6) is -1.46. The second kappa shape index (κ2) is 9.43. The molecule has 0 spiro atoms. The molecule has 11 heteroatoms. The van der Waals surface area contributed by atoms with Gasteiger partial charge in [0, 0.05) is 12.6 Å². The predicted molar refractivity (Wildman–Crippen MR) is 111 cm³/mol. The van der Waals surface area contributed by atoms with E-state index in [1.165, 1.54) is 9.96 Å². The molecule has 1 aromatic rings. The zero-order valence-corrected chi connectivity index (χ0v) is 17.5. The van der Waals surface area contributed by atoms with Gasteiger partial charge in [0.15, 0.2) is 0 Å². The number of hydrogen-bond donors (Lipinski definition) is 4. The maximum atomic E-state index is 12.8. The molecule has 32 heavy (non-hydrogen) atoms. The number of carbonyl (C=O) groups is 4. The summed E-state index contributed by atoms with van der Waals surface area (Å²) in [5, 5.41) is 12.6. The zero-order chi connectivity index (χ0) is 22.7. The van der Waals surface area contributed by atoms with Crippen molar-refractivity contribution in [3.05, 3.63) is 35.9 Å². The molecule has 2 bridgehead atoms. The van der Waals surface area contributed by atoms with Crippen LogP contribution in [0.4, 0.5) is 9.59 Å². The molecular formula is C21H27N5O6. The van der Waals surface area contributed by atoms with Gasteiger partial charge in [0.05, 0.1) is 12.0 Å². The van der Waals surface area contributed by atoms with Crippen LogP contribution in [0.25, 0.3) is 0 Å². The maximum absolute atomic E-state index is 12.8. The van der Waals surface area contributed by atoms with Gasteiger partial charge in [0.1, 0.15) is 12.6 Å². The van der Waals surface area contributed by atoms with E-state index in [1.807, 2.05) is 30.3 Å². The molecule has 4 N–H and O–H groups in total. The van der Waals surface area contributed by atoms with Crippen LogP contribution in [-0.4, -0.2) is 63.7 Å². The first-order valence-corrected chi connectivity index (χ1v) is 10.8. The molecule has 3 fully saturated rings. The number of fused-ring (bicyclic) bond motifs is 2. The number of carboxylic acid groups (broad SMARTS) is 1. The molecular weight excluding hydrogens is 418 g/mol. The Labute approximate surface area is 185 Å². The summed E-state index contributed by atoms with van der Waals surface area (Å²) in [6.07, 6.45) is 1.72. The van der Waals surface area contributed by atoms with Gasteiger partial charge in [-0.05, 0) is 31.2 Å². The smallest absolute Gasteiger partial charge is 0.404 e. The van der Waals surface area contributed by atoms with E-state index in [4.69, 9.17) is 9.94 Å². The van der Waals surface area contributed by atoms with Crippen molar-refractivity contribution in [1.29, 1.82) is 0 Å². The van der Waals surface area contributed by atoms with Crippen LogP contribution < -0.4 is 16.2 Å². The normalized spacial score (nSPS) is 26.7. The topological polar surface area (TPSA) is 140 Å². The minimum atomic E-state index is -1.18. The molecule has 11 nitrogen and oxygen atoms in total. The van der Waals surface area contributed by atoms with Crippen LogP contribution in [0.15, 0.2) is 30.3 Å². The molecule has 0 aromatic heterocycles. The number of carbonyl (C=O) groups excluding carboxylic acids is 3. The third kappa shape index (κ3) is 4.62. The van der Waals surface area contributed by atoms with Crippen molar-refractivity contribution in [1.82, 2.24) is 26.1 Å². The summed E-state index contributed by atoms with van der Waals surface area (Å²) in [5.41, 5.74) is 5.75. The zero-order valence-electron chi connectivity index (χ0n) is 17.5. The van der Waals surface area contributed by atoms with Gasteiger partial charge in [0.2, 0.25) is 5.91 Å². The van der Waals surface area contributed by atoms with Gasteiger partial charge in [-0.3, -0.25) is 25.3 Å². The Balaban J connectivity index is 1.29. The lowest BCUT2D eigenvalue weighted by Crippen LogP contribution is -2.56. The summed E-state index contributed by atoms with van der Waals surface area (Å²) in [7, 11) is 0. The van der Waals surface area contributed by atoms with Crippen molar-refractivity contribution in [2.45, 2.75) is 56.8 Å². The van der Waals surface area contributed by atoms with Crippen LogP contribution in [0.5, 0.6) is 0 Å². The highest BCUT2D eigenvalue weighted by molar-refractivity contribution is 5.90. The van der Waals surface area contributed by atoms with Crippen LogP contribution in [0, 0.1) is 5.92 Å². The molecule has 3 aliphatic rings. The number of nitrogens with one attached hydrogen (secondary N) is 3. The predicted octanol–water partition coefficient (Wildman–Crippen LogP) is 0.971. The fourth-order valence-corrected chi connectivity index (χ4v) is 4.69. The molecule has 4 atom stereocenters. The molecule has 0 radical (unpaired) electrons. The number of urea groups is 1. The van der Waals surface area contributed by atoms with Crippen LogP contribution in [-0.2, 0) is 21.0 Å². The fourth-order valence-electron chi connectivity index (χ4n) is 4.69. The van der Waals surface area contributed by atoms with Crippen LogP contribution in [0.2, 0.25) is 0 Å². The van der Waals surface area contributed by atoms with E-state index in [0.717, 1.165) is 12.0 Å². The Kier molecular flexibility index (Phi) is 6.45. The van der Waals surface area contributed by atoms with E-state index in [0.29, 0.717) is 32.2 Å². The van der Waals surface area contributed by atoms with E-state index in [9.17, 15) is 19.2 Å². The summed E-state index contributed by atoms with van der Waals surface area (Å²) in [4.78, 5) is 56.1.